The molecule has 0 bridgehead atoms. The molecule has 1 aromatic carbocycles. The molecule has 2 aromatic rings. The SMILES string of the molecule is CC(=O)c1cc(C(=O)O[C@H](C)C(=O)NC[C@H](C)c2ccccc2)n(C)c1. The van der Waals surface area contributed by atoms with E-state index in [0.29, 0.717) is 12.1 Å². The molecule has 0 aliphatic carbocycles. The molecule has 1 heterocycles. The summed E-state index contributed by atoms with van der Waals surface area (Å²) in [5.74, 6) is -0.990. The van der Waals surface area contributed by atoms with Crippen LogP contribution in [0.1, 0.15) is 53.1 Å². The molecule has 26 heavy (non-hydrogen) atoms. The average Bonchev–Trinajstić information content (AvgIpc) is 3.02. The lowest BCUT2D eigenvalue weighted by molar-refractivity contribution is -0.129. The van der Waals surface area contributed by atoms with Gasteiger partial charge in [0.15, 0.2) is 11.9 Å². The highest BCUT2D eigenvalue weighted by Crippen LogP contribution is 2.14. The molecule has 0 spiro atoms. The van der Waals surface area contributed by atoms with Crippen molar-refractivity contribution in [1.82, 2.24) is 9.88 Å². The molecule has 0 aliphatic heterocycles. The molecular formula is C20H24N2O4. The standard InChI is InChI=1S/C20H24N2O4/c1-13(16-8-6-5-7-9-16)11-21-19(24)15(3)26-20(25)18-10-17(14(2)23)12-22(18)4/h5-10,12-13,15H,11H2,1-4H3,(H,21,24)/t13-,15+/m0/s1. The Morgan fingerprint density at radius 1 is 1.15 bits per heavy atom. The van der Waals surface area contributed by atoms with Crippen molar-refractivity contribution in [3.05, 3.63) is 59.4 Å². The van der Waals surface area contributed by atoms with E-state index in [1.54, 1.807) is 13.2 Å². The zero-order valence-corrected chi connectivity index (χ0v) is 15.5. The summed E-state index contributed by atoms with van der Waals surface area (Å²) in [4.78, 5) is 35.8. The molecule has 2 atom stereocenters. The van der Waals surface area contributed by atoms with Gasteiger partial charge in [0, 0.05) is 25.4 Å². The molecule has 2 rings (SSSR count). The van der Waals surface area contributed by atoms with Crippen LogP contribution in [0.4, 0.5) is 0 Å². The van der Waals surface area contributed by atoms with E-state index in [1.165, 1.54) is 24.5 Å². The normalized spacial score (nSPS) is 12.9. The van der Waals surface area contributed by atoms with Crippen molar-refractivity contribution >= 4 is 17.7 Å². The summed E-state index contributed by atoms with van der Waals surface area (Å²) in [7, 11) is 1.65. The van der Waals surface area contributed by atoms with Gasteiger partial charge in [-0.2, -0.15) is 0 Å². The number of benzene rings is 1. The van der Waals surface area contributed by atoms with Gasteiger partial charge < -0.3 is 14.6 Å². The summed E-state index contributed by atoms with van der Waals surface area (Å²) >= 11 is 0. The van der Waals surface area contributed by atoms with Crippen LogP contribution in [0.2, 0.25) is 0 Å². The number of nitrogens with one attached hydrogen (secondary N) is 1. The van der Waals surface area contributed by atoms with Gasteiger partial charge in [-0.3, -0.25) is 9.59 Å². The Kier molecular flexibility index (Phi) is 6.33. The smallest absolute Gasteiger partial charge is 0.355 e. The molecule has 0 radical (unpaired) electrons. The van der Waals surface area contributed by atoms with Gasteiger partial charge in [-0.1, -0.05) is 37.3 Å². The Morgan fingerprint density at radius 2 is 1.81 bits per heavy atom. The van der Waals surface area contributed by atoms with Crippen molar-refractivity contribution in [2.45, 2.75) is 32.8 Å². The van der Waals surface area contributed by atoms with Crippen molar-refractivity contribution in [2.24, 2.45) is 7.05 Å². The van der Waals surface area contributed by atoms with Crippen molar-refractivity contribution in [2.75, 3.05) is 6.54 Å². The molecule has 0 fully saturated rings. The second-order valence-corrected chi connectivity index (χ2v) is 6.39. The lowest BCUT2D eigenvalue weighted by Crippen LogP contribution is -2.37. The first-order valence-electron chi connectivity index (χ1n) is 8.50. The number of nitrogens with zero attached hydrogens (tertiary/aromatic N) is 1. The maximum atomic E-state index is 12.2. The third-order valence-electron chi connectivity index (χ3n) is 4.22. The lowest BCUT2D eigenvalue weighted by Gasteiger charge is -2.16. The molecule has 0 aliphatic rings. The molecule has 1 amide bonds. The Balaban J connectivity index is 1.90. The molecule has 0 unspecified atom stereocenters. The number of esters is 1. The lowest BCUT2D eigenvalue weighted by atomic mass is 10.0. The zero-order valence-electron chi connectivity index (χ0n) is 15.5. The summed E-state index contributed by atoms with van der Waals surface area (Å²) < 4.78 is 6.74. The highest BCUT2D eigenvalue weighted by molar-refractivity contribution is 5.98. The second kappa shape index (κ2) is 8.47. The fraction of sp³-hybridized carbons (Fsp3) is 0.350. The van der Waals surface area contributed by atoms with E-state index in [2.05, 4.69) is 5.32 Å². The van der Waals surface area contributed by atoms with E-state index >= 15 is 0 Å². The Morgan fingerprint density at radius 3 is 2.38 bits per heavy atom. The van der Waals surface area contributed by atoms with Crippen molar-refractivity contribution < 1.29 is 19.1 Å². The minimum absolute atomic E-state index is 0.139. The third kappa shape index (κ3) is 4.81. The molecule has 1 N–H and O–H groups in total. The maximum absolute atomic E-state index is 12.2. The number of hydrogen-bond acceptors (Lipinski definition) is 4. The van der Waals surface area contributed by atoms with Gasteiger partial charge in [-0.05, 0) is 31.4 Å². The van der Waals surface area contributed by atoms with Crippen LogP contribution in [-0.4, -0.2) is 34.9 Å². The Labute approximate surface area is 153 Å². The van der Waals surface area contributed by atoms with Gasteiger partial charge >= 0.3 is 5.97 Å². The molecule has 6 heteroatoms. The monoisotopic (exact) mass is 356 g/mol. The van der Waals surface area contributed by atoms with E-state index < -0.39 is 12.1 Å². The number of amides is 1. The first-order chi connectivity index (χ1) is 12.3. The number of aromatic nitrogens is 1. The Hall–Kier alpha value is -2.89. The topological polar surface area (TPSA) is 77.4 Å². The fourth-order valence-electron chi connectivity index (χ4n) is 2.53. The largest absolute Gasteiger partial charge is 0.448 e. The molecule has 138 valence electrons. The van der Waals surface area contributed by atoms with Crippen LogP contribution >= 0.6 is 0 Å². The minimum Gasteiger partial charge on any atom is -0.448 e. The van der Waals surface area contributed by atoms with Crippen LogP contribution in [0.15, 0.2) is 42.6 Å². The van der Waals surface area contributed by atoms with E-state index in [9.17, 15) is 14.4 Å². The number of aryl methyl sites for hydroxylation is 1. The summed E-state index contributed by atoms with van der Waals surface area (Å²) in [5.41, 5.74) is 1.78. The predicted octanol–water partition coefficient (Wildman–Crippen LogP) is 2.69. The minimum atomic E-state index is -0.929. The number of ether oxygens (including phenoxy) is 1. The van der Waals surface area contributed by atoms with Crippen LogP contribution in [0.5, 0.6) is 0 Å². The fourth-order valence-corrected chi connectivity index (χ4v) is 2.53. The molecule has 6 nitrogen and oxygen atoms in total. The number of Topliss-reactive ketones (excluding diaryl/α,β-unsaturated/α-hetero) is 1. The summed E-state index contributed by atoms with van der Waals surface area (Å²) in [6.45, 7) is 5.41. The van der Waals surface area contributed by atoms with E-state index in [-0.39, 0.29) is 23.3 Å². The van der Waals surface area contributed by atoms with Crippen molar-refractivity contribution in [3.8, 4) is 0 Å². The number of carbonyl (C=O) groups excluding carboxylic acids is 3. The van der Waals surface area contributed by atoms with Gasteiger partial charge in [-0.25, -0.2) is 4.79 Å². The third-order valence-corrected chi connectivity index (χ3v) is 4.22. The van der Waals surface area contributed by atoms with Crippen molar-refractivity contribution in [1.29, 1.82) is 0 Å². The van der Waals surface area contributed by atoms with Crippen LogP contribution in [0.3, 0.4) is 0 Å². The number of hydrogen-bond donors (Lipinski definition) is 1. The summed E-state index contributed by atoms with van der Waals surface area (Å²) in [6, 6.07) is 11.3. The molecule has 0 saturated carbocycles. The van der Waals surface area contributed by atoms with Crippen LogP contribution in [0.25, 0.3) is 0 Å². The van der Waals surface area contributed by atoms with E-state index in [0.717, 1.165) is 5.56 Å². The maximum Gasteiger partial charge on any atom is 0.355 e. The van der Waals surface area contributed by atoms with Crippen molar-refractivity contribution in [3.63, 3.8) is 0 Å². The molecule has 1 aromatic heterocycles. The number of ketones is 1. The van der Waals surface area contributed by atoms with Crippen LogP contribution < -0.4 is 5.32 Å². The van der Waals surface area contributed by atoms with Gasteiger partial charge in [0.05, 0.1) is 0 Å². The number of carbonyl (C=O) groups is 3. The number of rotatable bonds is 7. The quantitative estimate of drug-likeness (QED) is 0.611. The van der Waals surface area contributed by atoms with Crippen LogP contribution in [-0.2, 0) is 16.6 Å². The Bertz CT molecular complexity index is 795. The van der Waals surface area contributed by atoms with Crippen LogP contribution in [0, 0.1) is 0 Å². The highest BCUT2D eigenvalue weighted by Gasteiger charge is 2.22. The van der Waals surface area contributed by atoms with E-state index in [1.807, 2.05) is 37.3 Å². The van der Waals surface area contributed by atoms with E-state index in [4.69, 9.17) is 4.74 Å². The highest BCUT2D eigenvalue weighted by atomic mass is 16.5. The molecule has 0 saturated heterocycles. The first-order valence-corrected chi connectivity index (χ1v) is 8.50. The van der Waals surface area contributed by atoms with Gasteiger partial charge in [0.2, 0.25) is 0 Å². The summed E-state index contributed by atoms with van der Waals surface area (Å²) in [6.07, 6.45) is 0.631. The predicted molar refractivity (Wildman–Crippen MR) is 98.2 cm³/mol. The molecular weight excluding hydrogens is 332 g/mol. The van der Waals surface area contributed by atoms with Gasteiger partial charge in [0.1, 0.15) is 5.69 Å². The first kappa shape index (κ1) is 19.4. The summed E-state index contributed by atoms with van der Waals surface area (Å²) in [5, 5.41) is 2.80. The second-order valence-electron chi connectivity index (χ2n) is 6.39. The zero-order chi connectivity index (χ0) is 19.3. The average molecular weight is 356 g/mol. The van der Waals surface area contributed by atoms with Gasteiger partial charge in [-0.15, -0.1) is 0 Å². The van der Waals surface area contributed by atoms with Gasteiger partial charge in [0.25, 0.3) is 5.91 Å².